The van der Waals surface area contributed by atoms with Crippen LogP contribution in [-0.2, 0) is 4.79 Å². The molecule has 1 saturated heterocycles. The number of likely N-dealkylation sites (tertiary alicyclic amines) is 1. The Morgan fingerprint density at radius 2 is 2.12 bits per heavy atom. The summed E-state index contributed by atoms with van der Waals surface area (Å²) in [4.78, 5) is 29.4. The number of nitrogens with zero attached hydrogens (tertiary/aromatic N) is 2. The van der Waals surface area contributed by atoms with Gasteiger partial charge in [-0.15, -0.1) is 0 Å². The van der Waals surface area contributed by atoms with Crippen LogP contribution >= 0.6 is 0 Å². The first-order chi connectivity index (χ1) is 11.9. The number of amides is 2. The second-order valence-corrected chi connectivity index (χ2v) is 6.23. The summed E-state index contributed by atoms with van der Waals surface area (Å²) in [5.74, 6) is 5.44. The summed E-state index contributed by atoms with van der Waals surface area (Å²) in [6, 6.07) is 11.2. The first-order valence-electron chi connectivity index (χ1n) is 8.09. The molecule has 0 radical (unpaired) electrons. The van der Waals surface area contributed by atoms with Gasteiger partial charge in [-0.1, -0.05) is 24.0 Å². The molecule has 25 heavy (non-hydrogen) atoms. The highest BCUT2D eigenvalue weighted by Crippen LogP contribution is 2.21. The SMILES string of the molecule is Cc1cc(C(N)=O)nc(-c2cccc(C#C[C@@H]3CCN(C)C3=O)c2)c1. The van der Waals surface area contributed by atoms with E-state index >= 15 is 0 Å². The van der Waals surface area contributed by atoms with Crippen LogP contribution in [0.5, 0.6) is 0 Å². The van der Waals surface area contributed by atoms with Crippen LogP contribution in [0.3, 0.4) is 0 Å². The molecule has 2 aromatic rings. The zero-order chi connectivity index (χ0) is 18.0. The van der Waals surface area contributed by atoms with E-state index in [0.29, 0.717) is 5.69 Å². The lowest BCUT2D eigenvalue weighted by atomic mass is 10.0. The van der Waals surface area contributed by atoms with Gasteiger partial charge in [-0.25, -0.2) is 4.98 Å². The van der Waals surface area contributed by atoms with Gasteiger partial charge in [0.25, 0.3) is 5.91 Å². The minimum atomic E-state index is -0.551. The number of benzene rings is 1. The summed E-state index contributed by atoms with van der Waals surface area (Å²) < 4.78 is 0. The van der Waals surface area contributed by atoms with Gasteiger partial charge in [-0.2, -0.15) is 0 Å². The highest BCUT2D eigenvalue weighted by molar-refractivity contribution is 5.91. The van der Waals surface area contributed by atoms with E-state index in [1.165, 1.54) is 0 Å². The number of hydrogen-bond donors (Lipinski definition) is 1. The van der Waals surface area contributed by atoms with Crippen LogP contribution in [0.2, 0.25) is 0 Å². The molecule has 2 amide bonds. The van der Waals surface area contributed by atoms with E-state index in [1.54, 1.807) is 18.0 Å². The maximum atomic E-state index is 11.9. The summed E-state index contributed by atoms with van der Waals surface area (Å²) in [5.41, 5.74) is 8.83. The second-order valence-electron chi connectivity index (χ2n) is 6.23. The van der Waals surface area contributed by atoms with Gasteiger partial charge in [0.15, 0.2) is 0 Å². The van der Waals surface area contributed by atoms with Gasteiger partial charge in [-0.05, 0) is 43.2 Å². The lowest BCUT2D eigenvalue weighted by Crippen LogP contribution is -2.21. The molecule has 2 heterocycles. The molecular formula is C20H19N3O2. The van der Waals surface area contributed by atoms with Crippen molar-refractivity contribution in [3.05, 3.63) is 53.2 Å². The molecule has 126 valence electrons. The summed E-state index contributed by atoms with van der Waals surface area (Å²) in [6.07, 6.45) is 0.767. The van der Waals surface area contributed by atoms with Gasteiger partial charge < -0.3 is 10.6 Å². The minimum Gasteiger partial charge on any atom is -0.364 e. The number of aryl methyl sites for hydroxylation is 1. The number of rotatable bonds is 2. The molecule has 2 N–H and O–H groups in total. The molecule has 1 atom stereocenters. The number of primary amides is 1. The van der Waals surface area contributed by atoms with Crippen molar-refractivity contribution in [2.45, 2.75) is 13.3 Å². The molecule has 0 spiro atoms. The fourth-order valence-electron chi connectivity index (χ4n) is 2.82. The predicted molar refractivity (Wildman–Crippen MR) is 95.5 cm³/mol. The second kappa shape index (κ2) is 6.78. The van der Waals surface area contributed by atoms with Crippen molar-refractivity contribution in [3.8, 4) is 23.1 Å². The van der Waals surface area contributed by atoms with E-state index in [1.807, 2.05) is 37.3 Å². The molecule has 1 fully saturated rings. The van der Waals surface area contributed by atoms with E-state index in [0.717, 1.165) is 29.7 Å². The predicted octanol–water partition coefficient (Wildman–Crippen LogP) is 1.99. The molecule has 5 nitrogen and oxygen atoms in total. The van der Waals surface area contributed by atoms with Crippen molar-refractivity contribution in [2.24, 2.45) is 11.7 Å². The topological polar surface area (TPSA) is 76.3 Å². The Hall–Kier alpha value is -3.13. The summed E-state index contributed by atoms with van der Waals surface area (Å²) in [6.45, 7) is 2.64. The molecule has 1 aliphatic heterocycles. The Morgan fingerprint density at radius 1 is 1.32 bits per heavy atom. The Bertz CT molecular complexity index is 909. The van der Waals surface area contributed by atoms with Crippen LogP contribution in [0.25, 0.3) is 11.3 Å². The van der Waals surface area contributed by atoms with Crippen molar-refractivity contribution in [2.75, 3.05) is 13.6 Å². The van der Waals surface area contributed by atoms with Crippen LogP contribution in [-0.4, -0.2) is 35.3 Å². The van der Waals surface area contributed by atoms with Gasteiger partial charge in [-0.3, -0.25) is 9.59 Å². The lowest BCUT2D eigenvalue weighted by molar-refractivity contribution is -0.128. The molecule has 0 bridgehead atoms. The molecule has 1 aromatic heterocycles. The van der Waals surface area contributed by atoms with E-state index in [2.05, 4.69) is 16.8 Å². The quantitative estimate of drug-likeness (QED) is 0.854. The van der Waals surface area contributed by atoms with Gasteiger partial charge in [0.2, 0.25) is 5.91 Å². The number of pyridine rings is 1. The highest BCUT2D eigenvalue weighted by Gasteiger charge is 2.27. The van der Waals surface area contributed by atoms with Crippen LogP contribution in [0.15, 0.2) is 36.4 Å². The molecule has 0 saturated carbocycles. The number of aromatic nitrogens is 1. The van der Waals surface area contributed by atoms with Crippen LogP contribution in [0.1, 0.15) is 28.0 Å². The molecule has 3 rings (SSSR count). The van der Waals surface area contributed by atoms with Gasteiger partial charge in [0.05, 0.1) is 5.69 Å². The minimum absolute atomic E-state index is 0.0788. The third-order valence-electron chi connectivity index (χ3n) is 4.20. The fourth-order valence-corrected chi connectivity index (χ4v) is 2.82. The number of carbonyl (C=O) groups excluding carboxylic acids is 2. The van der Waals surface area contributed by atoms with Gasteiger partial charge >= 0.3 is 0 Å². The summed E-state index contributed by atoms with van der Waals surface area (Å²) in [5, 5.41) is 0. The monoisotopic (exact) mass is 333 g/mol. The van der Waals surface area contributed by atoms with Gasteiger partial charge in [0, 0.05) is 24.7 Å². The molecule has 1 aromatic carbocycles. The zero-order valence-corrected chi connectivity index (χ0v) is 14.2. The maximum Gasteiger partial charge on any atom is 0.267 e. The van der Waals surface area contributed by atoms with Crippen molar-refractivity contribution in [3.63, 3.8) is 0 Å². The average Bonchev–Trinajstić information content (AvgIpc) is 2.91. The molecule has 1 aliphatic rings. The third kappa shape index (κ3) is 3.69. The number of carbonyl (C=O) groups is 2. The smallest absolute Gasteiger partial charge is 0.267 e. The van der Waals surface area contributed by atoms with E-state index in [9.17, 15) is 9.59 Å². The third-order valence-corrected chi connectivity index (χ3v) is 4.20. The van der Waals surface area contributed by atoms with Crippen LogP contribution in [0, 0.1) is 24.7 Å². The first kappa shape index (κ1) is 16.7. The van der Waals surface area contributed by atoms with Crippen LogP contribution in [0.4, 0.5) is 0 Å². The summed E-state index contributed by atoms with van der Waals surface area (Å²) in [7, 11) is 1.80. The summed E-state index contributed by atoms with van der Waals surface area (Å²) >= 11 is 0. The zero-order valence-electron chi connectivity index (χ0n) is 14.2. The molecular weight excluding hydrogens is 314 g/mol. The normalized spacial score (nSPS) is 16.5. The lowest BCUT2D eigenvalue weighted by Gasteiger charge is -2.06. The van der Waals surface area contributed by atoms with Crippen molar-refractivity contribution in [1.82, 2.24) is 9.88 Å². The molecule has 0 aliphatic carbocycles. The Balaban J connectivity index is 1.90. The average molecular weight is 333 g/mol. The van der Waals surface area contributed by atoms with E-state index in [-0.39, 0.29) is 17.5 Å². The largest absolute Gasteiger partial charge is 0.364 e. The maximum absolute atomic E-state index is 11.9. The van der Waals surface area contributed by atoms with Crippen molar-refractivity contribution >= 4 is 11.8 Å². The number of nitrogens with two attached hydrogens (primary N) is 1. The Kier molecular flexibility index (Phi) is 4.53. The van der Waals surface area contributed by atoms with E-state index < -0.39 is 5.91 Å². The van der Waals surface area contributed by atoms with Crippen molar-refractivity contribution < 1.29 is 9.59 Å². The van der Waals surface area contributed by atoms with Crippen molar-refractivity contribution in [1.29, 1.82) is 0 Å². The Labute approximate surface area is 146 Å². The molecule has 0 unspecified atom stereocenters. The van der Waals surface area contributed by atoms with Crippen LogP contribution < -0.4 is 5.73 Å². The van der Waals surface area contributed by atoms with Gasteiger partial charge in [0.1, 0.15) is 11.6 Å². The Morgan fingerprint density at radius 3 is 2.80 bits per heavy atom. The molecule has 5 heteroatoms. The number of hydrogen-bond acceptors (Lipinski definition) is 3. The fraction of sp³-hybridized carbons (Fsp3) is 0.250. The first-order valence-corrected chi connectivity index (χ1v) is 8.09. The standard InChI is InChI=1S/C20H19N3O2/c1-13-10-17(22-18(11-13)19(21)24)16-5-3-4-14(12-16)6-7-15-8-9-23(2)20(15)25/h3-5,10-12,15H,8-9H2,1-2H3,(H2,21,24)/t15-/m1/s1. The van der Waals surface area contributed by atoms with E-state index in [4.69, 9.17) is 5.73 Å². The highest BCUT2D eigenvalue weighted by atomic mass is 16.2.